The van der Waals surface area contributed by atoms with Crippen molar-refractivity contribution in [2.45, 2.75) is 40.8 Å². The van der Waals surface area contributed by atoms with Crippen LogP contribution in [0.15, 0.2) is 77.4 Å². The molecule has 0 radical (unpaired) electrons. The average Bonchev–Trinajstić information content (AvgIpc) is 3.12. The Balaban J connectivity index is 0.000000329. The molecule has 0 saturated heterocycles. The molecule has 4 rings (SSSR count). The van der Waals surface area contributed by atoms with E-state index < -0.39 is 0 Å². The highest BCUT2D eigenvalue weighted by Crippen LogP contribution is 2.11. The van der Waals surface area contributed by atoms with Gasteiger partial charge >= 0.3 is 0 Å². The number of benzene rings is 1. The molecule has 1 N–H and O–H groups in total. The molecule has 0 fully saturated rings. The van der Waals surface area contributed by atoms with Crippen LogP contribution in [-0.4, -0.2) is 20.6 Å². The first kappa shape index (κ1) is 27.7. The van der Waals surface area contributed by atoms with E-state index >= 15 is 0 Å². The Bertz CT molecular complexity index is 1270. The van der Waals surface area contributed by atoms with E-state index in [4.69, 9.17) is 0 Å². The summed E-state index contributed by atoms with van der Waals surface area (Å²) in [6.45, 7) is 8.54. The molecule has 6 nitrogen and oxygen atoms in total. The van der Waals surface area contributed by atoms with Crippen LogP contribution in [0.2, 0.25) is 0 Å². The summed E-state index contributed by atoms with van der Waals surface area (Å²) in [5.41, 5.74) is 3.32. The number of nitrogens with one attached hydrogen (secondary N) is 1. The number of halogens is 1. The lowest BCUT2D eigenvalue weighted by Crippen LogP contribution is -2.22. The molecule has 35 heavy (non-hydrogen) atoms. The summed E-state index contributed by atoms with van der Waals surface area (Å²) in [5.74, 6) is -0.137. The molecule has 0 amide bonds. The van der Waals surface area contributed by atoms with Gasteiger partial charge in [-0.1, -0.05) is 44.2 Å². The van der Waals surface area contributed by atoms with Crippen molar-refractivity contribution in [2.75, 3.05) is 5.32 Å². The van der Waals surface area contributed by atoms with E-state index in [2.05, 4.69) is 19.7 Å². The van der Waals surface area contributed by atoms with Crippen LogP contribution in [-0.2, 0) is 17.9 Å². The van der Waals surface area contributed by atoms with Crippen LogP contribution >= 0.6 is 9.24 Å². The van der Waals surface area contributed by atoms with Gasteiger partial charge in [-0.15, -0.1) is 9.24 Å². The van der Waals surface area contributed by atoms with Gasteiger partial charge in [0.1, 0.15) is 17.8 Å². The van der Waals surface area contributed by atoms with Crippen LogP contribution in [0.3, 0.4) is 0 Å². The smallest absolute Gasteiger partial charge is 0.274 e. The maximum absolute atomic E-state index is 12.6. The van der Waals surface area contributed by atoms with Crippen LogP contribution in [0, 0.1) is 12.7 Å². The summed E-state index contributed by atoms with van der Waals surface area (Å²) in [4.78, 5) is 23.1. The Labute approximate surface area is 208 Å². The second kappa shape index (κ2) is 14.0. The molecule has 0 saturated carbocycles. The Morgan fingerprint density at radius 3 is 2.69 bits per heavy atom. The molecular formula is C27H32FN4O2P. The zero-order valence-corrected chi connectivity index (χ0v) is 21.7. The lowest BCUT2D eigenvalue weighted by atomic mass is 10.2. The highest BCUT2D eigenvalue weighted by atomic mass is 31.0. The van der Waals surface area contributed by atoms with Gasteiger partial charge in [0.15, 0.2) is 0 Å². The molecule has 0 aliphatic carbocycles. The Morgan fingerprint density at radius 1 is 1.23 bits per heavy atom. The van der Waals surface area contributed by atoms with Gasteiger partial charge < -0.3 is 9.88 Å². The van der Waals surface area contributed by atoms with Crippen molar-refractivity contribution >= 4 is 32.6 Å². The minimum atomic E-state index is -0.161. The molecule has 1 atom stereocenters. The number of pyridine rings is 1. The van der Waals surface area contributed by atoms with Crippen molar-refractivity contribution in [3.8, 4) is 0 Å². The first-order valence-electron chi connectivity index (χ1n) is 11.4. The standard InChI is InChI=1S/C18H18N4O2.C7H8FP.C2H6/c1-14(13-23)11-19-17-7-5-8-21(18(17)24)12-15-10-16-6-3-2-4-9-22(16)20-15;1-5-6(8)3-2-4-7(5)9;1-2/h2-8,10-11,13,19H,9,12H2,1H3;2-4H,9H2,1H3;1-2H3/b14-11+;;. The first-order chi connectivity index (χ1) is 16.9. The Hall–Kier alpha value is -3.57. The Kier molecular flexibility index (Phi) is 11.0. The van der Waals surface area contributed by atoms with Crippen LogP contribution in [0.4, 0.5) is 10.1 Å². The van der Waals surface area contributed by atoms with Gasteiger partial charge in [0.2, 0.25) is 0 Å². The van der Waals surface area contributed by atoms with Gasteiger partial charge in [-0.3, -0.25) is 14.3 Å². The van der Waals surface area contributed by atoms with Crippen molar-refractivity contribution < 1.29 is 9.18 Å². The number of aldehydes is 1. The van der Waals surface area contributed by atoms with Crippen LogP contribution in [0.25, 0.3) is 6.08 Å². The summed E-state index contributed by atoms with van der Waals surface area (Å²) in [6.07, 6.45) is 12.0. The van der Waals surface area contributed by atoms with Crippen molar-refractivity contribution in [3.63, 3.8) is 0 Å². The molecule has 1 aliphatic rings. The summed E-state index contributed by atoms with van der Waals surface area (Å²) in [7, 11) is 2.48. The maximum atomic E-state index is 12.6. The van der Waals surface area contributed by atoms with Crippen molar-refractivity contribution in [1.29, 1.82) is 0 Å². The van der Waals surface area contributed by atoms with E-state index in [-0.39, 0.29) is 11.4 Å². The number of carbonyl (C=O) groups excluding carboxylic acids is 1. The molecule has 184 valence electrons. The third kappa shape index (κ3) is 8.01. The monoisotopic (exact) mass is 494 g/mol. The second-order valence-corrected chi connectivity index (χ2v) is 8.11. The average molecular weight is 495 g/mol. The van der Waals surface area contributed by atoms with E-state index in [0.29, 0.717) is 29.9 Å². The van der Waals surface area contributed by atoms with Gasteiger partial charge in [0.25, 0.3) is 5.56 Å². The summed E-state index contributed by atoms with van der Waals surface area (Å²) in [5, 5.41) is 8.34. The zero-order valence-electron chi connectivity index (χ0n) is 20.5. The number of fused-ring (bicyclic) bond motifs is 1. The van der Waals surface area contributed by atoms with Crippen LogP contribution < -0.4 is 16.2 Å². The fourth-order valence-corrected chi connectivity index (χ4v) is 3.28. The third-order valence-electron chi connectivity index (χ3n) is 4.96. The summed E-state index contributed by atoms with van der Waals surface area (Å²) in [6, 6.07) is 10.5. The number of carbonyl (C=O) groups is 1. The molecule has 1 aliphatic heterocycles. The predicted molar refractivity (Wildman–Crippen MR) is 145 cm³/mol. The maximum Gasteiger partial charge on any atom is 0.274 e. The molecular weight excluding hydrogens is 462 g/mol. The van der Waals surface area contributed by atoms with Gasteiger partial charge in [0.05, 0.1) is 24.5 Å². The summed E-state index contributed by atoms with van der Waals surface area (Å²) < 4.78 is 16.1. The molecule has 1 unspecified atom stereocenters. The minimum absolute atomic E-state index is 0.137. The lowest BCUT2D eigenvalue weighted by molar-refractivity contribution is -0.104. The number of anilines is 1. The van der Waals surface area contributed by atoms with E-state index in [1.807, 2.05) is 55.0 Å². The normalized spacial score (nSPS) is 11.9. The molecule has 1 aromatic carbocycles. The largest absolute Gasteiger partial charge is 0.357 e. The summed E-state index contributed by atoms with van der Waals surface area (Å²) >= 11 is 0. The van der Waals surface area contributed by atoms with Crippen molar-refractivity contribution in [2.24, 2.45) is 0 Å². The van der Waals surface area contributed by atoms with Crippen LogP contribution in [0.1, 0.15) is 37.7 Å². The molecule has 3 heterocycles. The zero-order chi connectivity index (χ0) is 25.8. The van der Waals surface area contributed by atoms with Crippen LogP contribution in [0.5, 0.6) is 0 Å². The molecule has 8 heteroatoms. The number of nitrogens with zero attached hydrogens (tertiary/aromatic N) is 3. The predicted octanol–water partition coefficient (Wildman–Crippen LogP) is 4.85. The minimum Gasteiger partial charge on any atom is -0.357 e. The highest BCUT2D eigenvalue weighted by molar-refractivity contribution is 7.27. The fourth-order valence-electron chi connectivity index (χ4n) is 3.03. The third-order valence-corrected chi connectivity index (χ3v) is 5.58. The molecule has 0 bridgehead atoms. The fraction of sp³-hybridized carbons (Fsp3) is 0.222. The number of rotatable bonds is 5. The van der Waals surface area contributed by atoms with E-state index in [1.165, 1.54) is 12.3 Å². The number of hydrogen-bond donors (Lipinski definition) is 1. The topological polar surface area (TPSA) is 68.9 Å². The Morgan fingerprint density at radius 2 is 2.00 bits per heavy atom. The second-order valence-electron chi connectivity index (χ2n) is 7.49. The number of hydrogen-bond acceptors (Lipinski definition) is 4. The van der Waals surface area contributed by atoms with Gasteiger partial charge in [-0.25, -0.2) is 4.39 Å². The first-order valence-corrected chi connectivity index (χ1v) is 11.9. The van der Waals surface area contributed by atoms with Crippen molar-refractivity contribution in [3.05, 3.63) is 106 Å². The lowest BCUT2D eigenvalue weighted by Gasteiger charge is -2.06. The van der Waals surface area contributed by atoms with E-state index in [9.17, 15) is 14.0 Å². The molecule has 3 aromatic rings. The SMILES string of the molecule is C/C(C=O)=C\Nc1cccn(Cc2cc3n(n2)CC=CC=C3)c1=O.CC.Cc1c(F)cccc1P. The van der Waals surface area contributed by atoms with E-state index in [0.717, 1.165) is 23.0 Å². The van der Waals surface area contributed by atoms with Gasteiger partial charge in [-0.2, -0.15) is 5.10 Å². The van der Waals surface area contributed by atoms with Gasteiger partial charge in [-0.05, 0) is 55.1 Å². The molecule has 0 spiro atoms. The van der Waals surface area contributed by atoms with Crippen molar-refractivity contribution in [1.82, 2.24) is 14.3 Å². The number of allylic oxidation sites excluding steroid dienone is 4. The highest BCUT2D eigenvalue weighted by Gasteiger charge is 2.09. The van der Waals surface area contributed by atoms with E-state index in [1.54, 1.807) is 42.8 Å². The quantitative estimate of drug-likeness (QED) is 0.313. The number of aromatic nitrogens is 3. The van der Waals surface area contributed by atoms with Gasteiger partial charge in [0, 0.05) is 18.0 Å². The molecule has 2 aromatic heterocycles.